The molecule has 0 aliphatic rings. The lowest BCUT2D eigenvalue weighted by Crippen LogP contribution is -1.82. The highest BCUT2D eigenvalue weighted by Gasteiger charge is 2.03. The number of hydrogen-bond donors (Lipinski definition) is 2. The van der Waals surface area contributed by atoms with Crippen molar-refractivity contribution in [3.05, 3.63) is 23.5 Å². The predicted molar refractivity (Wildman–Crippen MR) is 45.5 cm³/mol. The van der Waals surface area contributed by atoms with Crippen LogP contribution in [0.1, 0.15) is 0 Å². The van der Waals surface area contributed by atoms with Crippen molar-refractivity contribution < 1.29 is 0 Å². The van der Waals surface area contributed by atoms with E-state index in [-0.39, 0.29) is 0 Å². The van der Waals surface area contributed by atoms with Gasteiger partial charge in [-0.2, -0.15) is 0 Å². The quantitative estimate of drug-likeness (QED) is 0.629. The minimum absolute atomic E-state index is 0.627. The van der Waals surface area contributed by atoms with E-state index < -0.39 is 0 Å². The zero-order valence-electron chi connectivity index (χ0n) is 5.63. The Kier molecular flexibility index (Phi) is 1.26. The van der Waals surface area contributed by atoms with E-state index in [0.717, 1.165) is 11.0 Å². The fourth-order valence-electron chi connectivity index (χ4n) is 1.01. The van der Waals surface area contributed by atoms with Crippen LogP contribution >= 0.6 is 11.6 Å². The van der Waals surface area contributed by atoms with Crippen molar-refractivity contribution >= 4 is 28.3 Å². The van der Waals surface area contributed by atoms with E-state index in [0.29, 0.717) is 10.7 Å². The smallest absolute Gasteiger partial charge is 0.112 e. The average molecular weight is 168 g/mol. The number of aromatic nitrogens is 2. The van der Waals surface area contributed by atoms with E-state index in [1.54, 1.807) is 18.5 Å². The van der Waals surface area contributed by atoms with Crippen molar-refractivity contribution in [3.8, 4) is 0 Å². The fourth-order valence-corrected chi connectivity index (χ4v) is 1.21. The maximum Gasteiger partial charge on any atom is 0.112 e. The first kappa shape index (κ1) is 6.49. The molecule has 0 atom stereocenters. The van der Waals surface area contributed by atoms with Crippen LogP contribution in [0, 0.1) is 0 Å². The van der Waals surface area contributed by atoms with Gasteiger partial charge in [-0.05, 0) is 6.07 Å². The molecule has 0 saturated carbocycles. The zero-order chi connectivity index (χ0) is 7.84. The molecule has 0 aliphatic carbocycles. The molecule has 11 heavy (non-hydrogen) atoms. The summed E-state index contributed by atoms with van der Waals surface area (Å²) in [6.45, 7) is 0. The molecule has 4 heteroatoms. The number of nitrogens with two attached hydrogens (primary N) is 1. The molecule has 0 amide bonds. The summed E-state index contributed by atoms with van der Waals surface area (Å²) in [6.07, 6.45) is 3.32. The highest BCUT2D eigenvalue weighted by molar-refractivity contribution is 6.35. The number of pyridine rings is 1. The third kappa shape index (κ3) is 0.851. The highest BCUT2D eigenvalue weighted by Crippen LogP contribution is 2.23. The zero-order valence-corrected chi connectivity index (χ0v) is 6.39. The number of nitrogens with zero attached hydrogens (tertiary/aromatic N) is 1. The molecule has 0 spiro atoms. The van der Waals surface area contributed by atoms with Gasteiger partial charge >= 0.3 is 0 Å². The molecule has 0 radical (unpaired) electrons. The summed E-state index contributed by atoms with van der Waals surface area (Å²) >= 11 is 5.84. The number of nitrogens with one attached hydrogen (secondary N) is 1. The standard InChI is InChI=1S/C7H6ClN3/c8-4-1-2-10-7-5(9)3-11-6(4)7/h1-3,11H,9H2. The Balaban J connectivity index is 2.94. The Morgan fingerprint density at radius 3 is 3.09 bits per heavy atom. The second-order valence-corrected chi connectivity index (χ2v) is 2.67. The summed E-state index contributed by atoms with van der Waals surface area (Å²) < 4.78 is 0. The summed E-state index contributed by atoms with van der Waals surface area (Å²) in [5.41, 5.74) is 7.75. The number of aromatic amines is 1. The SMILES string of the molecule is Nc1c[nH]c2c(Cl)ccnc12. The third-order valence-electron chi connectivity index (χ3n) is 1.55. The van der Waals surface area contributed by atoms with Crippen molar-refractivity contribution in [1.29, 1.82) is 0 Å². The first-order valence-electron chi connectivity index (χ1n) is 3.16. The minimum Gasteiger partial charge on any atom is -0.396 e. The maximum absolute atomic E-state index is 5.84. The van der Waals surface area contributed by atoms with Gasteiger partial charge in [-0.25, -0.2) is 0 Å². The number of hydrogen-bond acceptors (Lipinski definition) is 2. The molecule has 0 saturated heterocycles. The number of H-pyrrole nitrogens is 1. The number of halogens is 1. The number of rotatable bonds is 0. The number of fused-ring (bicyclic) bond motifs is 1. The van der Waals surface area contributed by atoms with Crippen LogP contribution in [0.3, 0.4) is 0 Å². The number of anilines is 1. The Morgan fingerprint density at radius 2 is 2.36 bits per heavy atom. The second kappa shape index (κ2) is 2.13. The lowest BCUT2D eigenvalue weighted by molar-refractivity contribution is 1.41. The second-order valence-electron chi connectivity index (χ2n) is 2.26. The van der Waals surface area contributed by atoms with E-state index in [1.165, 1.54) is 0 Å². The largest absolute Gasteiger partial charge is 0.396 e. The van der Waals surface area contributed by atoms with Crippen molar-refractivity contribution in [1.82, 2.24) is 9.97 Å². The molecular weight excluding hydrogens is 162 g/mol. The van der Waals surface area contributed by atoms with Crippen LogP contribution in [0.25, 0.3) is 11.0 Å². The Morgan fingerprint density at radius 1 is 1.55 bits per heavy atom. The van der Waals surface area contributed by atoms with Crippen LogP contribution < -0.4 is 5.73 Å². The van der Waals surface area contributed by atoms with Crippen LogP contribution in [-0.4, -0.2) is 9.97 Å². The molecule has 2 rings (SSSR count). The van der Waals surface area contributed by atoms with Gasteiger partial charge in [0.25, 0.3) is 0 Å². The molecule has 0 fully saturated rings. The summed E-state index contributed by atoms with van der Waals surface area (Å²) in [5.74, 6) is 0. The highest BCUT2D eigenvalue weighted by atomic mass is 35.5. The van der Waals surface area contributed by atoms with Crippen LogP contribution in [0.4, 0.5) is 5.69 Å². The molecule has 56 valence electrons. The van der Waals surface area contributed by atoms with E-state index in [2.05, 4.69) is 9.97 Å². The van der Waals surface area contributed by atoms with Gasteiger partial charge in [-0.1, -0.05) is 11.6 Å². The number of nitrogen functional groups attached to an aromatic ring is 1. The molecular formula is C7H6ClN3. The van der Waals surface area contributed by atoms with Crippen LogP contribution in [0.5, 0.6) is 0 Å². The van der Waals surface area contributed by atoms with Crippen LogP contribution in [0.15, 0.2) is 18.5 Å². The van der Waals surface area contributed by atoms with E-state index in [9.17, 15) is 0 Å². The average Bonchev–Trinajstić information content (AvgIpc) is 2.35. The molecule has 0 aliphatic heterocycles. The first-order chi connectivity index (χ1) is 5.29. The van der Waals surface area contributed by atoms with Crippen LogP contribution in [0.2, 0.25) is 5.02 Å². The molecule has 2 aromatic heterocycles. The summed E-state index contributed by atoms with van der Waals surface area (Å²) in [7, 11) is 0. The molecule has 0 aromatic carbocycles. The van der Waals surface area contributed by atoms with Gasteiger partial charge in [0.05, 0.1) is 16.2 Å². The maximum atomic E-state index is 5.84. The molecule has 0 unspecified atom stereocenters. The molecule has 2 aromatic rings. The van der Waals surface area contributed by atoms with E-state index in [1.807, 2.05) is 0 Å². The molecule has 0 bridgehead atoms. The van der Waals surface area contributed by atoms with Gasteiger partial charge in [0.2, 0.25) is 0 Å². The summed E-state index contributed by atoms with van der Waals surface area (Å²) in [4.78, 5) is 7.00. The normalized spacial score (nSPS) is 10.6. The van der Waals surface area contributed by atoms with E-state index in [4.69, 9.17) is 17.3 Å². The van der Waals surface area contributed by atoms with Crippen molar-refractivity contribution in [2.24, 2.45) is 0 Å². The van der Waals surface area contributed by atoms with Gasteiger partial charge < -0.3 is 10.7 Å². The first-order valence-corrected chi connectivity index (χ1v) is 3.54. The third-order valence-corrected chi connectivity index (χ3v) is 1.86. The summed E-state index contributed by atoms with van der Waals surface area (Å²) in [5, 5.41) is 0.645. The van der Waals surface area contributed by atoms with Crippen molar-refractivity contribution in [3.63, 3.8) is 0 Å². The van der Waals surface area contributed by atoms with Gasteiger partial charge in [-0.3, -0.25) is 4.98 Å². The monoisotopic (exact) mass is 167 g/mol. The van der Waals surface area contributed by atoms with E-state index >= 15 is 0 Å². The van der Waals surface area contributed by atoms with Crippen molar-refractivity contribution in [2.75, 3.05) is 5.73 Å². The van der Waals surface area contributed by atoms with Crippen molar-refractivity contribution in [2.45, 2.75) is 0 Å². The molecule has 3 N–H and O–H groups in total. The lowest BCUT2D eigenvalue weighted by atomic mass is 10.3. The van der Waals surface area contributed by atoms with Gasteiger partial charge in [-0.15, -0.1) is 0 Å². The minimum atomic E-state index is 0.627. The fraction of sp³-hybridized carbons (Fsp3) is 0. The summed E-state index contributed by atoms with van der Waals surface area (Å²) in [6, 6.07) is 1.72. The molecule has 2 heterocycles. The predicted octanol–water partition coefficient (Wildman–Crippen LogP) is 1.80. The lowest BCUT2D eigenvalue weighted by Gasteiger charge is -1.91. The molecule has 3 nitrogen and oxygen atoms in total. The van der Waals surface area contributed by atoms with Crippen LogP contribution in [-0.2, 0) is 0 Å². The van der Waals surface area contributed by atoms with Gasteiger partial charge in [0.1, 0.15) is 5.52 Å². The topological polar surface area (TPSA) is 54.7 Å². The Labute approximate surface area is 68.2 Å². The van der Waals surface area contributed by atoms with Gasteiger partial charge in [0, 0.05) is 12.4 Å². The van der Waals surface area contributed by atoms with Gasteiger partial charge in [0.15, 0.2) is 0 Å². The Bertz CT molecular complexity index is 393. The Hall–Kier alpha value is -1.22.